The first-order valence-corrected chi connectivity index (χ1v) is 7.46. The van der Waals surface area contributed by atoms with Gasteiger partial charge >= 0.3 is 0 Å². The highest BCUT2D eigenvalue weighted by atomic mass is 32.1. The van der Waals surface area contributed by atoms with E-state index in [-0.39, 0.29) is 5.91 Å². The molecule has 0 bridgehead atoms. The summed E-state index contributed by atoms with van der Waals surface area (Å²) in [5.74, 6) is 0.892. The van der Waals surface area contributed by atoms with Crippen molar-refractivity contribution >= 4 is 23.1 Å². The summed E-state index contributed by atoms with van der Waals surface area (Å²) in [6.07, 6.45) is 6.38. The van der Waals surface area contributed by atoms with Crippen molar-refractivity contribution < 1.29 is 9.21 Å². The second-order valence-electron chi connectivity index (χ2n) is 5.67. The number of nitrogens with zero attached hydrogens (tertiary/aromatic N) is 1. The molecule has 5 heteroatoms. The van der Waals surface area contributed by atoms with Crippen molar-refractivity contribution in [2.24, 2.45) is 11.1 Å². The number of nitrogens with two attached hydrogens (primary N) is 1. The standard InChI is InChI=1S/C15H22N2O2S/c1-11-12(6-9-19-11)10-17(2)14(18)15(13(16)20)7-4-3-5-8-15/h6,9H,3-5,7-8,10H2,1-2H3,(H2,16,20). The molecule has 20 heavy (non-hydrogen) atoms. The highest BCUT2D eigenvalue weighted by molar-refractivity contribution is 7.80. The smallest absolute Gasteiger partial charge is 0.235 e. The third-order valence-corrected chi connectivity index (χ3v) is 4.70. The van der Waals surface area contributed by atoms with Gasteiger partial charge in [0.15, 0.2) is 0 Å². The molecule has 2 N–H and O–H groups in total. The lowest BCUT2D eigenvalue weighted by Crippen LogP contribution is -2.50. The van der Waals surface area contributed by atoms with Gasteiger partial charge in [-0.25, -0.2) is 0 Å². The SMILES string of the molecule is Cc1occc1CN(C)C(=O)C1(C(N)=S)CCCCC1. The van der Waals surface area contributed by atoms with Crippen LogP contribution >= 0.6 is 12.2 Å². The largest absolute Gasteiger partial charge is 0.469 e. The quantitative estimate of drug-likeness (QED) is 0.868. The van der Waals surface area contributed by atoms with Gasteiger partial charge in [0, 0.05) is 19.2 Å². The van der Waals surface area contributed by atoms with Crippen LogP contribution in [0.1, 0.15) is 43.4 Å². The van der Waals surface area contributed by atoms with Gasteiger partial charge in [0.05, 0.1) is 16.7 Å². The number of hydrogen-bond acceptors (Lipinski definition) is 3. The summed E-state index contributed by atoms with van der Waals surface area (Å²) in [7, 11) is 1.81. The van der Waals surface area contributed by atoms with E-state index < -0.39 is 5.41 Å². The monoisotopic (exact) mass is 294 g/mol. The fourth-order valence-corrected chi connectivity index (χ4v) is 3.28. The van der Waals surface area contributed by atoms with Crippen LogP contribution in [0.4, 0.5) is 0 Å². The Hall–Kier alpha value is -1.36. The van der Waals surface area contributed by atoms with Crippen molar-refractivity contribution in [3.63, 3.8) is 0 Å². The average Bonchev–Trinajstić information content (AvgIpc) is 2.84. The first-order chi connectivity index (χ1) is 9.47. The molecule has 0 aromatic carbocycles. The number of amides is 1. The van der Waals surface area contributed by atoms with Crippen molar-refractivity contribution in [2.75, 3.05) is 7.05 Å². The third-order valence-electron chi connectivity index (χ3n) is 4.31. The molecule has 1 aliphatic carbocycles. The number of carbonyl (C=O) groups is 1. The maximum absolute atomic E-state index is 12.8. The normalized spacial score (nSPS) is 17.7. The minimum atomic E-state index is -0.639. The van der Waals surface area contributed by atoms with Crippen LogP contribution in [0.3, 0.4) is 0 Å². The van der Waals surface area contributed by atoms with Gasteiger partial charge < -0.3 is 15.1 Å². The highest BCUT2D eigenvalue weighted by Gasteiger charge is 2.43. The van der Waals surface area contributed by atoms with Crippen molar-refractivity contribution in [3.05, 3.63) is 23.7 Å². The van der Waals surface area contributed by atoms with Gasteiger partial charge in [-0.2, -0.15) is 0 Å². The lowest BCUT2D eigenvalue weighted by molar-refractivity contribution is -0.138. The number of thiocarbonyl (C=S) groups is 1. The molecular weight excluding hydrogens is 272 g/mol. The van der Waals surface area contributed by atoms with Crippen LogP contribution in [-0.2, 0) is 11.3 Å². The number of carbonyl (C=O) groups excluding carboxylic acids is 1. The summed E-state index contributed by atoms with van der Waals surface area (Å²) in [6, 6.07) is 1.90. The maximum Gasteiger partial charge on any atom is 0.235 e. The van der Waals surface area contributed by atoms with E-state index in [2.05, 4.69) is 0 Å². The molecule has 1 aliphatic rings. The van der Waals surface area contributed by atoms with Crippen molar-refractivity contribution in [3.8, 4) is 0 Å². The van der Waals surface area contributed by atoms with Crippen LogP contribution in [0, 0.1) is 12.3 Å². The molecular formula is C15H22N2O2S. The first kappa shape index (κ1) is 15.0. The molecule has 0 aliphatic heterocycles. The second kappa shape index (κ2) is 5.95. The number of furan rings is 1. The van der Waals surface area contributed by atoms with Gasteiger partial charge in [-0.05, 0) is 25.8 Å². The Morgan fingerprint density at radius 1 is 1.45 bits per heavy atom. The molecule has 0 radical (unpaired) electrons. The predicted molar refractivity (Wildman–Crippen MR) is 82.2 cm³/mol. The van der Waals surface area contributed by atoms with Gasteiger partial charge in [-0.1, -0.05) is 31.5 Å². The van der Waals surface area contributed by atoms with Gasteiger partial charge in [-0.3, -0.25) is 4.79 Å². The van der Waals surface area contributed by atoms with E-state index in [1.54, 1.807) is 11.2 Å². The molecule has 1 amide bonds. The van der Waals surface area contributed by atoms with Gasteiger partial charge in [0.25, 0.3) is 0 Å². The zero-order valence-corrected chi connectivity index (χ0v) is 13.0. The predicted octanol–water partition coefficient (Wildman–Crippen LogP) is 2.78. The molecule has 0 saturated heterocycles. The minimum absolute atomic E-state index is 0.0466. The maximum atomic E-state index is 12.8. The Bertz CT molecular complexity index is 504. The highest BCUT2D eigenvalue weighted by Crippen LogP contribution is 2.38. The number of hydrogen-bond donors (Lipinski definition) is 1. The van der Waals surface area contributed by atoms with Crippen molar-refractivity contribution in [2.45, 2.75) is 45.6 Å². The molecule has 4 nitrogen and oxygen atoms in total. The van der Waals surface area contributed by atoms with E-state index >= 15 is 0 Å². The minimum Gasteiger partial charge on any atom is -0.469 e. The average molecular weight is 294 g/mol. The number of rotatable bonds is 4. The number of aryl methyl sites for hydroxylation is 1. The van der Waals surface area contributed by atoms with E-state index in [4.69, 9.17) is 22.4 Å². The van der Waals surface area contributed by atoms with Crippen LogP contribution in [-0.4, -0.2) is 22.8 Å². The van der Waals surface area contributed by atoms with Crippen LogP contribution < -0.4 is 5.73 Å². The van der Waals surface area contributed by atoms with Crippen molar-refractivity contribution in [1.29, 1.82) is 0 Å². The Labute approximate surface area is 125 Å². The second-order valence-corrected chi connectivity index (χ2v) is 6.11. The summed E-state index contributed by atoms with van der Waals surface area (Å²) >= 11 is 5.21. The van der Waals surface area contributed by atoms with Crippen LogP contribution in [0.5, 0.6) is 0 Å². The molecule has 110 valence electrons. The molecule has 1 saturated carbocycles. The molecule has 0 atom stereocenters. The molecule has 1 fully saturated rings. The Balaban J connectivity index is 2.15. The summed E-state index contributed by atoms with van der Waals surface area (Å²) in [5, 5.41) is 0. The third kappa shape index (κ3) is 2.73. The fourth-order valence-electron chi connectivity index (χ4n) is 2.99. The first-order valence-electron chi connectivity index (χ1n) is 7.06. The molecule has 2 rings (SSSR count). The zero-order chi connectivity index (χ0) is 14.8. The lowest BCUT2D eigenvalue weighted by Gasteiger charge is -2.37. The Kier molecular flexibility index (Phi) is 4.48. The van der Waals surface area contributed by atoms with Gasteiger partial charge in [0.2, 0.25) is 5.91 Å². The molecule has 1 heterocycles. The fraction of sp³-hybridized carbons (Fsp3) is 0.600. The van der Waals surface area contributed by atoms with E-state index in [0.717, 1.165) is 43.4 Å². The van der Waals surface area contributed by atoms with Crippen LogP contribution in [0.25, 0.3) is 0 Å². The summed E-state index contributed by atoms with van der Waals surface area (Å²) in [6.45, 7) is 2.43. The van der Waals surface area contributed by atoms with E-state index in [1.807, 2.05) is 20.0 Å². The summed E-state index contributed by atoms with van der Waals surface area (Å²) in [4.78, 5) is 14.9. The molecule has 1 aromatic heterocycles. The van der Waals surface area contributed by atoms with Crippen LogP contribution in [0.15, 0.2) is 16.7 Å². The van der Waals surface area contributed by atoms with E-state index in [9.17, 15) is 4.79 Å². The summed E-state index contributed by atoms with van der Waals surface area (Å²) in [5.41, 5.74) is 6.29. The van der Waals surface area contributed by atoms with E-state index in [0.29, 0.717) is 11.5 Å². The van der Waals surface area contributed by atoms with Crippen molar-refractivity contribution in [1.82, 2.24) is 4.90 Å². The van der Waals surface area contributed by atoms with Gasteiger partial charge in [0.1, 0.15) is 5.76 Å². The van der Waals surface area contributed by atoms with Crippen LogP contribution in [0.2, 0.25) is 0 Å². The summed E-state index contributed by atoms with van der Waals surface area (Å²) < 4.78 is 5.27. The molecule has 1 aromatic rings. The lowest BCUT2D eigenvalue weighted by atomic mass is 9.73. The molecule has 0 unspecified atom stereocenters. The Morgan fingerprint density at radius 2 is 2.10 bits per heavy atom. The Morgan fingerprint density at radius 3 is 2.60 bits per heavy atom. The van der Waals surface area contributed by atoms with Gasteiger partial charge in [-0.15, -0.1) is 0 Å². The zero-order valence-electron chi connectivity index (χ0n) is 12.1. The topological polar surface area (TPSA) is 59.5 Å². The molecule has 0 spiro atoms. The van der Waals surface area contributed by atoms with E-state index in [1.165, 1.54) is 0 Å².